The molecule has 2 amide bonds. The van der Waals surface area contributed by atoms with Gasteiger partial charge in [-0.2, -0.15) is 0 Å². The second kappa shape index (κ2) is 9.11. The Kier molecular flexibility index (Phi) is 6.06. The lowest BCUT2D eigenvalue weighted by Crippen LogP contribution is -2.33. The molecule has 2 aromatic rings. The van der Waals surface area contributed by atoms with Crippen LogP contribution in [0.15, 0.2) is 18.2 Å². The highest BCUT2D eigenvalue weighted by Gasteiger charge is 2.30. The smallest absolute Gasteiger partial charge is 0.251 e. The summed E-state index contributed by atoms with van der Waals surface area (Å²) < 4.78 is 11.6. The van der Waals surface area contributed by atoms with E-state index in [9.17, 15) is 9.59 Å². The van der Waals surface area contributed by atoms with Crippen LogP contribution < -0.4 is 20.5 Å². The monoisotopic (exact) mass is 455 g/mol. The van der Waals surface area contributed by atoms with Gasteiger partial charge in [-0.25, -0.2) is 0 Å². The maximum absolute atomic E-state index is 13.0. The predicted molar refractivity (Wildman–Crippen MR) is 124 cm³/mol. The van der Waals surface area contributed by atoms with E-state index in [-0.39, 0.29) is 18.5 Å². The summed E-state index contributed by atoms with van der Waals surface area (Å²) in [7, 11) is 0. The fourth-order valence-corrected chi connectivity index (χ4v) is 6.36. The highest BCUT2D eigenvalue weighted by atomic mass is 32.1. The molecule has 1 aromatic heterocycles. The number of amides is 2. The van der Waals surface area contributed by atoms with Crippen molar-refractivity contribution in [3.05, 3.63) is 39.8 Å². The van der Waals surface area contributed by atoms with Gasteiger partial charge in [0.05, 0.1) is 25.3 Å². The quantitative estimate of drug-likeness (QED) is 0.718. The van der Waals surface area contributed by atoms with Gasteiger partial charge < -0.3 is 20.5 Å². The molecule has 0 radical (unpaired) electrons. The van der Waals surface area contributed by atoms with Crippen LogP contribution >= 0.6 is 11.3 Å². The first-order valence-corrected chi connectivity index (χ1v) is 12.3. The van der Waals surface area contributed by atoms with Crippen molar-refractivity contribution in [1.29, 1.82) is 0 Å². The summed E-state index contributed by atoms with van der Waals surface area (Å²) in [5.41, 5.74) is 8.36. The number of thiophene rings is 1. The average Bonchev–Trinajstić information content (AvgIpc) is 3.30. The van der Waals surface area contributed by atoms with Crippen molar-refractivity contribution in [2.45, 2.75) is 51.0 Å². The Hall–Kier alpha value is -2.58. The largest absolute Gasteiger partial charge is 0.490 e. The summed E-state index contributed by atoms with van der Waals surface area (Å²) in [6.07, 6.45) is 6.89. The van der Waals surface area contributed by atoms with Gasteiger partial charge in [0.25, 0.3) is 5.91 Å². The first-order valence-electron chi connectivity index (χ1n) is 11.5. The molecule has 7 nitrogen and oxygen atoms in total. The molecule has 1 aliphatic carbocycles. The van der Waals surface area contributed by atoms with E-state index in [0.717, 1.165) is 74.1 Å². The number of hydrogen-bond donors (Lipinski definition) is 2. The number of benzene rings is 1. The Morgan fingerprint density at radius 2 is 1.91 bits per heavy atom. The normalized spacial score (nSPS) is 20.4. The maximum Gasteiger partial charge on any atom is 0.251 e. The molecule has 1 fully saturated rings. The van der Waals surface area contributed by atoms with Gasteiger partial charge in [-0.15, -0.1) is 11.3 Å². The third kappa shape index (κ3) is 4.21. The zero-order valence-electron chi connectivity index (χ0n) is 18.2. The van der Waals surface area contributed by atoms with E-state index in [1.54, 1.807) is 0 Å². The van der Waals surface area contributed by atoms with Crippen LogP contribution in [-0.2, 0) is 17.6 Å². The van der Waals surface area contributed by atoms with Crippen molar-refractivity contribution in [3.63, 3.8) is 0 Å². The van der Waals surface area contributed by atoms with Crippen molar-refractivity contribution < 1.29 is 19.1 Å². The number of nitrogens with zero attached hydrogens (tertiary/aromatic N) is 1. The minimum absolute atomic E-state index is 0.104. The molecule has 0 bridgehead atoms. The van der Waals surface area contributed by atoms with Crippen molar-refractivity contribution in [3.8, 4) is 11.5 Å². The van der Waals surface area contributed by atoms with Gasteiger partial charge in [-0.05, 0) is 68.3 Å². The molecule has 8 heteroatoms. The third-order valence-electron chi connectivity index (χ3n) is 6.54. The minimum atomic E-state index is -0.453. The van der Waals surface area contributed by atoms with E-state index in [1.807, 2.05) is 6.07 Å². The molecule has 0 spiro atoms. The van der Waals surface area contributed by atoms with Crippen LogP contribution in [0, 0.1) is 0 Å². The minimum Gasteiger partial charge on any atom is -0.490 e. The summed E-state index contributed by atoms with van der Waals surface area (Å²) >= 11 is 1.51. The molecule has 1 saturated heterocycles. The van der Waals surface area contributed by atoms with Gasteiger partial charge >= 0.3 is 0 Å². The van der Waals surface area contributed by atoms with Gasteiger partial charge in [0.2, 0.25) is 5.91 Å². The molecule has 32 heavy (non-hydrogen) atoms. The molecule has 3 N–H and O–H groups in total. The third-order valence-corrected chi connectivity index (χ3v) is 7.74. The molecule has 1 aromatic carbocycles. The number of aryl methyl sites for hydroxylation is 1. The van der Waals surface area contributed by atoms with Crippen LogP contribution in [0.5, 0.6) is 11.5 Å². The number of nitrogens with one attached hydrogen (secondary N) is 1. The number of primary amides is 1. The number of likely N-dealkylation sites (tertiary alicyclic amines) is 1. The Balaban J connectivity index is 1.30. The first-order chi connectivity index (χ1) is 15.6. The molecule has 1 atom stereocenters. The lowest BCUT2D eigenvalue weighted by molar-refractivity contribution is -0.117. The van der Waals surface area contributed by atoms with Gasteiger partial charge in [-0.1, -0.05) is 6.07 Å². The van der Waals surface area contributed by atoms with Crippen molar-refractivity contribution in [2.24, 2.45) is 5.73 Å². The average molecular weight is 456 g/mol. The highest BCUT2D eigenvalue weighted by Crippen LogP contribution is 2.39. The van der Waals surface area contributed by atoms with E-state index in [1.165, 1.54) is 16.2 Å². The molecule has 3 heterocycles. The fourth-order valence-electron chi connectivity index (χ4n) is 5.05. The Labute approximate surface area is 191 Å². The lowest BCUT2D eigenvalue weighted by Gasteiger charge is -2.25. The van der Waals surface area contributed by atoms with E-state index in [0.29, 0.717) is 23.8 Å². The summed E-state index contributed by atoms with van der Waals surface area (Å²) in [5, 5.41) is 3.61. The van der Waals surface area contributed by atoms with Crippen LogP contribution in [0.1, 0.15) is 64.5 Å². The van der Waals surface area contributed by atoms with Crippen molar-refractivity contribution in [2.75, 3.05) is 31.6 Å². The number of rotatable bonds is 5. The molecule has 3 aliphatic rings. The van der Waals surface area contributed by atoms with Crippen LogP contribution in [0.4, 0.5) is 5.00 Å². The summed E-state index contributed by atoms with van der Waals surface area (Å²) in [6.45, 7) is 2.46. The summed E-state index contributed by atoms with van der Waals surface area (Å²) in [6, 6.07) is 6.26. The second-order valence-electron chi connectivity index (χ2n) is 8.71. The predicted octanol–water partition coefficient (Wildman–Crippen LogP) is 3.66. The number of anilines is 1. The number of nitrogens with two attached hydrogens (primary N) is 1. The molecular formula is C24H29N3O4S. The van der Waals surface area contributed by atoms with Gasteiger partial charge in [0, 0.05) is 17.3 Å². The number of hydrogen-bond acceptors (Lipinski definition) is 6. The zero-order valence-corrected chi connectivity index (χ0v) is 19.0. The summed E-state index contributed by atoms with van der Waals surface area (Å²) in [5.74, 6) is 1.01. The molecular weight excluding hydrogens is 426 g/mol. The standard InChI is InChI=1S/C24H29N3O4S/c25-23(29)22-16-5-1-2-7-20(16)32-24(22)26-21(28)14-27-10-3-6-17(27)15-8-9-18-19(13-15)31-12-4-11-30-18/h8-9,13,17H,1-7,10-12,14H2,(H2,25,29)(H,26,28)/t17-/m0/s1. The van der Waals surface area contributed by atoms with Crippen molar-refractivity contribution >= 4 is 28.2 Å². The highest BCUT2D eigenvalue weighted by molar-refractivity contribution is 7.17. The molecule has 170 valence electrons. The van der Waals surface area contributed by atoms with Crippen molar-refractivity contribution in [1.82, 2.24) is 4.90 Å². The van der Waals surface area contributed by atoms with Gasteiger partial charge in [-0.3, -0.25) is 14.5 Å². The fraction of sp³-hybridized carbons (Fsp3) is 0.500. The SMILES string of the molecule is NC(=O)c1c(NC(=O)CN2CCC[C@H]2c2ccc3c(c2)OCCCO3)sc2c1CCCC2. The lowest BCUT2D eigenvalue weighted by atomic mass is 9.95. The van der Waals surface area contributed by atoms with E-state index in [2.05, 4.69) is 22.3 Å². The first kappa shape index (κ1) is 21.3. The number of carbonyl (C=O) groups excluding carboxylic acids is 2. The second-order valence-corrected chi connectivity index (χ2v) is 9.82. The maximum atomic E-state index is 13.0. The van der Waals surface area contributed by atoms with E-state index in [4.69, 9.17) is 15.2 Å². The van der Waals surface area contributed by atoms with Gasteiger partial charge in [0.1, 0.15) is 5.00 Å². The van der Waals surface area contributed by atoms with E-state index >= 15 is 0 Å². The van der Waals surface area contributed by atoms with Crippen LogP contribution in [0.2, 0.25) is 0 Å². The Bertz CT molecular complexity index is 1030. The zero-order chi connectivity index (χ0) is 22.1. The topological polar surface area (TPSA) is 93.9 Å². The Morgan fingerprint density at radius 3 is 2.75 bits per heavy atom. The number of carbonyl (C=O) groups is 2. The number of ether oxygens (including phenoxy) is 2. The van der Waals surface area contributed by atoms with Crippen LogP contribution in [0.3, 0.4) is 0 Å². The van der Waals surface area contributed by atoms with Crippen LogP contribution in [-0.4, -0.2) is 43.0 Å². The van der Waals surface area contributed by atoms with E-state index < -0.39 is 5.91 Å². The molecule has 2 aliphatic heterocycles. The van der Waals surface area contributed by atoms with Gasteiger partial charge in [0.15, 0.2) is 11.5 Å². The molecule has 5 rings (SSSR count). The molecule has 0 saturated carbocycles. The molecule has 0 unspecified atom stereocenters. The Morgan fingerprint density at radius 1 is 1.09 bits per heavy atom. The number of fused-ring (bicyclic) bond motifs is 2. The van der Waals surface area contributed by atoms with Crippen LogP contribution in [0.25, 0.3) is 0 Å². The summed E-state index contributed by atoms with van der Waals surface area (Å²) in [4.78, 5) is 28.5.